The third-order valence-corrected chi connectivity index (χ3v) is 2.80. The molecule has 0 saturated carbocycles. The minimum atomic E-state index is -4.46. The van der Waals surface area contributed by atoms with Crippen LogP contribution < -0.4 is 0 Å². The molecule has 1 rings (SSSR count). The van der Waals surface area contributed by atoms with Gasteiger partial charge in [0.25, 0.3) is 0 Å². The van der Waals surface area contributed by atoms with Crippen molar-refractivity contribution in [3.05, 3.63) is 33.8 Å². The molecule has 15 heavy (non-hydrogen) atoms. The topological polar surface area (TPSA) is 23.8 Å². The Bertz CT molecular complexity index is 423. The van der Waals surface area contributed by atoms with E-state index in [-0.39, 0.29) is 21.5 Å². The summed E-state index contributed by atoms with van der Waals surface area (Å²) in [5.74, 6) is 0. The average Bonchev–Trinajstić information content (AvgIpc) is 2.15. The zero-order valence-electron chi connectivity index (χ0n) is 7.20. The Kier molecular flexibility index (Phi) is 3.63. The minimum Gasteiger partial charge on any atom is -0.192 e. The lowest BCUT2D eigenvalue weighted by Gasteiger charge is -2.13. The van der Waals surface area contributed by atoms with Gasteiger partial charge in [0, 0.05) is 5.33 Å². The lowest BCUT2D eigenvalue weighted by Crippen LogP contribution is -2.09. The summed E-state index contributed by atoms with van der Waals surface area (Å²) in [5, 5.41) is 8.41. The van der Waals surface area contributed by atoms with Gasteiger partial charge >= 0.3 is 6.18 Å². The monoisotopic (exact) mass is 297 g/mol. The standard InChI is InChI=1S/C9H4BrClF3N/c10-3-6-7(9(12,13)14)2-1-5(4-15)8(6)11/h1-2H,3H2. The first-order valence-corrected chi connectivity index (χ1v) is 5.26. The molecule has 1 nitrogen and oxygen atoms in total. The van der Waals surface area contributed by atoms with Crippen LogP contribution in [0.4, 0.5) is 13.2 Å². The third kappa shape index (κ3) is 2.44. The van der Waals surface area contributed by atoms with Crippen molar-refractivity contribution in [1.82, 2.24) is 0 Å². The second-order valence-electron chi connectivity index (χ2n) is 2.70. The molecule has 0 N–H and O–H groups in total. The number of nitriles is 1. The molecule has 0 fully saturated rings. The second kappa shape index (κ2) is 4.42. The first kappa shape index (κ1) is 12.3. The highest BCUT2D eigenvalue weighted by Crippen LogP contribution is 2.37. The number of halogens is 5. The molecule has 0 bridgehead atoms. The zero-order chi connectivity index (χ0) is 11.6. The van der Waals surface area contributed by atoms with Crippen LogP contribution in [0.15, 0.2) is 12.1 Å². The highest BCUT2D eigenvalue weighted by atomic mass is 79.9. The van der Waals surface area contributed by atoms with Crippen LogP contribution in [-0.4, -0.2) is 0 Å². The molecule has 1 aromatic carbocycles. The maximum atomic E-state index is 12.5. The summed E-state index contributed by atoms with van der Waals surface area (Å²) in [4.78, 5) is 0. The molecule has 0 heterocycles. The molecule has 0 radical (unpaired) electrons. The molecule has 0 atom stereocenters. The van der Waals surface area contributed by atoms with E-state index in [4.69, 9.17) is 16.9 Å². The Morgan fingerprint density at radius 1 is 1.40 bits per heavy atom. The van der Waals surface area contributed by atoms with Crippen molar-refractivity contribution in [2.24, 2.45) is 0 Å². The SMILES string of the molecule is N#Cc1ccc(C(F)(F)F)c(CBr)c1Cl. The van der Waals surface area contributed by atoms with Gasteiger partial charge in [-0.25, -0.2) is 0 Å². The van der Waals surface area contributed by atoms with Crippen LogP contribution in [0.25, 0.3) is 0 Å². The highest BCUT2D eigenvalue weighted by Gasteiger charge is 2.34. The van der Waals surface area contributed by atoms with Crippen molar-refractivity contribution < 1.29 is 13.2 Å². The molecule has 0 saturated heterocycles. The van der Waals surface area contributed by atoms with Gasteiger partial charge in [-0.15, -0.1) is 0 Å². The normalized spacial score (nSPS) is 11.2. The van der Waals surface area contributed by atoms with Crippen LogP contribution in [0.2, 0.25) is 5.02 Å². The molecule has 0 spiro atoms. The fourth-order valence-corrected chi connectivity index (χ4v) is 2.12. The quantitative estimate of drug-likeness (QED) is 0.715. The molecule has 6 heteroatoms. The van der Waals surface area contributed by atoms with E-state index >= 15 is 0 Å². The van der Waals surface area contributed by atoms with Gasteiger partial charge in [0.1, 0.15) is 6.07 Å². The van der Waals surface area contributed by atoms with Crippen molar-refractivity contribution >= 4 is 27.5 Å². The number of nitrogens with zero attached hydrogens (tertiary/aromatic N) is 1. The van der Waals surface area contributed by atoms with Gasteiger partial charge in [0.05, 0.1) is 16.1 Å². The number of hydrogen-bond acceptors (Lipinski definition) is 1. The Hall–Kier alpha value is -0.730. The molecule has 0 amide bonds. The molecule has 1 aromatic rings. The van der Waals surface area contributed by atoms with Gasteiger partial charge < -0.3 is 0 Å². The van der Waals surface area contributed by atoms with Crippen molar-refractivity contribution in [2.45, 2.75) is 11.5 Å². The van der Waals surface area contributed by atoms with Crippen molar-refractivity contribution in [3.8, 4) is 6.07 Å². The predicted molar refractivity (Wildman–Crippen MR) is 53.8 cm³/mol. The average molecular weight is 298 g/mol. The molecule has 0 aliphatic rings. The third-order valence-electron chi connectivity index (χ3n) is 1.80. The Balaban J connectivity index is 3.46. The fourth-order valence-electron chi connectivity index (χ4n) is 1.10. The maximum Gasteiger partial charge on any atom is 0.416 e. The molecule has 80 valence electrons. The first-order valence-electron chi connectivity index (χ1n) is 3.76. The summed E-state index contributed by atoms with van der Waals surface area (Å²) in [5.41, 5.74) is -0.884. The van der Waals surface area contributed by atoms with E-state index in [1.807, 2.05) is 0 Å². The van der Waals surface area contributed by atoms with Crippen LogP contribution >= 0.6 is 27.5 Å². The summed E-state index contributed by atoms with van der Waals surface area (Å²) in [6.07, 6.45) is -4.46. The van der Waals surface area contributed by atoms with Gasteiger partial charge in [-0.3, -0.25) is 0 Å². The zero-order valence-corrected chi connectivity index (χ0v) is 9.54. The number of rotatable bonds is 1. The smallest absolute Gasteiger partial charge is 0.192 e. The van der Waals surface area contributed by atoms with Crippen LogP contribution in [0, 0.1) is 11.3 Å². The number of hydrogen-bond donors (Lipinski definition) is 0. The van der Waals surface area contributed by atoms with E-state index in [1.165, 1.54) is 0 Å². The van der Waals surface area contributed by atoms with Crippen molar-refractivity contribution in [3.63, 3.8) is 0 Å². The Morgan fingerprint density at radius 3 is 2.40 bits per heavy atom. The van der Waals surface area contributed by atoms with E-state index in [1.54, 1.807) is 6.07 Å². The minimum absolute atomic E-state index is 0.0408. The molecule has 0 aliphatic heterocycles. The molecular weight excluding hydrogens is 294 g/mol. The first-order chi connectivity index (χ1) is 6.91. The summed E-state index contributed by atoms with van der Waals surface area (Å²) >= 11 is 8.59. The van der Waals surface area contributed by atoms with Crippen molar-refractivity contribution in [1.29, 1.82) is 5.26 Å². The van der Waals surface area contributed by atoms with E-state index in [2.05, 4.69) is 15.9 Å². The van der Waals surface area contributed by atoms with Crippen LogP contribution in [0.3, 0.4) is 0 Å². The Labute approximate surface area is 97.6 Å². The summed E-state index contributed by atoms with van der Waals surface area (Å²) in [6, 6.07) is 3.66. The Morgan fingerprint density at radius 2 is 2.00 bits per heavy atom. The van der Waals surface area contributed by atoms with Gasteiger partial charge in [-0.05, 0) is 17.7 Å². The number of benzene rings is 1. The summed E-state index contributed by atoms with van der Waals surface area (Å²) in [6.45, 7) is 0. The van der Waals surface area contributed by atoms with Gasteiger partial charge in [-0.1, -0.05) is 27.5 Å². The highest BCUT2D eigenvalue weighted by molar-refractivity contribution is 9.08. The molecular formula is C9H4BrClF3N. The molecule has 0 unspecified atom stereocenters. The summed E-state index contributed by atoms with van der Waals surface area (Å²) in [7, 11) is 0. The second-order valence-corrected chi connectivity index (χ2v) is 3.64. The van der Waals surface area contributed by atoms with Crippen LogP contribution in [0.1, 0.15) is 16.7 Å². The van der Waals surface area contributed by atoms with E-state index in [9.17, 15) is 13.2 Å². The van der Waals surface area contributed by atoms with Crippen LogP contribution in [0.5, 0.6) is 0 Å². The predicted octanol–water partition coefficient (Wildman–Crippen LogP) is 4.13. The molecule has 0 aliphatic carbocycles. The largest absolute Gasteiger partial charge is 0.416 e. The number of alkyl halides is 4. The lowest BCUT2D eigenvalue weighted by atomic mass is 10.1. The van der Waals surface area contributed by atoms with Crippen LogP contribution in [-0.2, 0) is 11.5 Å². The van der Waals surface area contributed by atoms with E-state index < -0.39 is 11.7 Å². The van der Waals surface area contributed by atoms with Crippen molar-refractivity contribution in [2.75, 3.05) is 0 Å². The fraction of sp³-hybridized carbons (Fsp3) is 0.222. The van der Waals surface area contributed by atoms with Gasteiger partial charge in [0.15, 0.2) is 0 Å². The maximum absolute atomic E-state index is 12.5. The summed E-state index contributed by atoms with van der Waals surface area (Å²) < 4.78 is 37.5. The van der Waals surface area contributed by atoms with Gasteiger partial charge in [0.2, 0.25) is 0 Å². The lowest BCUT2D eigenvalue weighted by molar-refractivity contribution is -0.138. The van der Waals surface area contributed by atoms with E-state index in [0.29, 0.717) is 0 Å². The van der Waals surface area contributed by atoms with Gasteiger partial charge in [-0.2, -0.15) is 18.4 Å². The molecule has 0 aromatic heterocycles. The van der Waals surface area contributed by atoms with E-state index in [0.717, 1.165) is 12.1 Å².